The normalized spacial score (nSPS) is 26.3. The SMILES string of the molecule is O=C(Nc1ccc(Cl)cc1Cl)N[C@H](Cc1ccccc1)N1C(=O)[C@@H]2[C@H](C1=O)[C@H]1C=C[C@H]2CC1. The second-order valence-electron chi connectivity index (χ2n) is 8.82. The summed E-state index contributed by atoms with van der Waals surface area (Å²) in [5.74, 6) is -0.907. The molecule has 2 bridgehead atoms. The van der Waals surface area contributed by atoms with Crippen molar-refractivity contribution in [1.82, 2.24) is 10.2 Å². The first-order valence-corrected chi connectivity index (χ1v) is 11.8. The van der Waals surface area contributed by atoms with Gasteiger partial charge in [0.1, 0.15) is 6.17 Å². The number of amides is 4. The Labute approximate surface area is 201 Å². The Kier molecular flexibility index (Phi) is 5.89. The van der Waals surface area contributed by atoms with Crippen LogP contribution >= 0.6 is 23.2 Å². The zero-order valence-electron chi connectivity index (χ0n) is 17.7. The van der Waals surface area contributed by atoms with Gasteiger partial charge >= 0.3 is 6.03 Å². The molecular weight excluding hydrogens is 461 g/mol. The highest BCUT2D eigenvalue weighted by Crippen LogP contribution is 2.50. The summed E-state index contributed by atoms with van der Waals surface area (Å²) < 4.78 is 0. The molecule has 0 spiro atoms. The summed E-state index contributed by atoms with van der Waals surface area (Å²) in [5.41, 5.74) is 1.29. The van der Waals surface area contributed by atoms with E-state index in [1.54, 1.807) is 12.1 Å². The van der Waals surface area contributed by atoms with E-state index in [-0.39, 0.29) is 35.5 Å². The lowest BCUT2D eigenvalue weighted by atomic mass is 9.63. The molecule has 3 aliphatic carbocycles. The zero-order chi connectivity index (χ0) is 23.1. The Hall–Kier alpha value is -2.83. The highest BCUT2D eigenvalue weighted by Gasteiger charge is 2.58. The molecule has 6 rings (SSSR count). The third kappa shape index (κ3) is 4.13. The number of nitrogens with one attached hydrogen (secondary N) is 2. The predicted octanol–water partition coefficient (Wildman–Crippen LogP) is 4.88. The van der Waals surface area contributed by atoms with E-state index in [0.29, 0.717) is 22.2 Å². The van der Waals surface area contributed by atoms with Crippen LogP contribution in [-0.2, 0) is 16.0 Å². The van der Waals surface area contributed by atoms with Crippen molar-refractivity contribution in [1.29, 1.82) is 0 Å². The molecular formula is C25H23Cl2N3O3. The highest BCUT2D eigenvalue weighted by molar-refractivity contribution is 6.36. The molecule has 1 saturated heterocycles. The third-order valence-electron chi connectivity index (χ3n) is 6.85. The van der Waals surface area contributed by atoms with Gasteiger partial charge in [-0.2, -0.15) is 0 Å². The van der Waals surface area contributed by atoms with E-state index in [1.807, 2.05) is 30.3 Å². The molecule has 2 aromatic carbocycles. The number of rotatable bonds is 5. The number of carbonyl (C=O) groups excluding carboxylic acids is 3. The molecule has 0 unspecified atom stereocenters. The second-order valence-corrected chi connectivity index (χ2v) is 9.66. The Morgan fingerprint density at radius 3 is 2.18 bits per heavy atom. The molecule has 2 aromatic rings. The number of fused-ring (bicyclic) bond motifs is 1. The summed E-state index contributed by atoms with van der Waals surface area (Å²) in [6.45, 7) is 0. The number of allylic oxidation sites excluding steroid dienone is 2. The Balaban J connectivity index is 1.41. The Morgan fingerprint density at radius 2 is 1.61 bits per heavy atom. The van der Waals surface area contributed by atoms with Crippen molar-refractivity contribution in [3.63, 3.8) is 0 Å². The predicted molar refractivity (Wildman–Crippen MR) is 127 cm³/mol. The maximum atomic E-state index is 13.5. The second kappa shape index (κ2) is 8.84. The average molecular weight is 484 g/mol. The van der Waals surface area contributed by atoms with E-state index in [2.05, 4.69) is 22.8 Å². The monoisotopic (exact) mass is 483 g/mol. The van der Waals surface area contributed by atoms with Crippen molar-refractivity contribution in [3.8, 4) is 0 Å². The van der Waals surface area contributed by atoms with Gasteiger partial charge in [-0.15, -0.1) is 0 Å². The van der Waals surface area contributed by atoms with Crippen molar-refractivity contribution in [2.75, 3.05) is 5.32 Å². The van der Waals surface area contributed by atoms with E-state index in [4.69, 9.17) is 23.2 Å². The first kappa shape index (κ1) is 22.0. The van der Waals surface area contributed by atoms with Gasteiger partial charge in [-0.1, -0.05) is 65.7 Å². The number of hydrogen-bond acceptors (Lipinski definition) is 3. The minimum absolute atomic E-state index is 0.0838. The molecule has 4 aliphatic rings. The molecule has 2 N–H and O–H groups in total. The summed E-state index contributed by atoms with van der Waals surface area (Å²) >= 11 is 12.1. The van der Waals surface area contributed by atoms with Crippen LogP contribution in [0.25, 0.3) is 0 Å². The standard InChI is InChI=1S/C25H23Cl2N3O3/c26-17-10-11-19(18(27)13-17)28-25(33)29-20(12-14-4-2-1-3-5-14)30-23(31)21-15-6-7-16(9-8-15)22(21)24(30)32/h1-7,10-11,13,15-16,20-22H,8-9,12H2,(H2,28,29,33)/t15-,16-,20-,21-,22+/m0/s1. The summed E-state index contributed by atoms with van der Waals surface area (Å²) in [6.07, 6.45) is 5.49. The minimum Gasteiger partial charge on any atom is -0.317 e. The van der Waals surface area contributed by atoms with E-state index >= 15 is 0 Å². The van der Waals surface area contributed by atoms with Crippen LogP contribution in [0.5, 0.6) is 0 Å². The van der Waals surface area contributed by atoms with Crippen LogP contribution in [-0.4, -0.2) is 28.9 Å². The Morgan fingerprint density at radius 1 is 0.970 bits per heavy atom. The van der Waals surface area contributed by atoms with Gasteiger partial charge in [-0.05, 0) is 48.4 Å². The van der Waals surface area contributed by atoms with Crippen molar-refractivity contribution < 1.29 is 14.4 Å². The zero-order valence-corrected chi connectivity index (χ0v) is 19.2. The van der Waals surface area contributed by atoms with Gasteiger partial charge in [0.15, 0.2) is 0 Å². The topological polar surface area (TPSA) is 78.5 Å². The molecule has 2 fully saturated rings. The largest absolute Gasteiger partial charge is 0.320 e. The fourth-order valence-corrected chi connectivity index (χ4v) is 5.80. The van der Waals surface area contributed by atoms with Gasteiger partial charge in [-0.25, -0.2) is 4.79 Å². The maximum Gasteiger partial charge on any atom is 0.320 e. The van der Waals surface area contributed by atoms with Gasteiger partial charge < -0.3 is 10.6 Å². The molecule has 1 aliphatic heterocycles. The van der Waals surface area contributed by atoms with Crippen LogP contribution in [0.3, 0.4) is 0 Å². The molecule has 170 valence electrons. The number of urea groups is 1. The van der Waals surface area contributed by atoms with E-state index in [0.717, 1.165) is 18.4 Å². The molecule has 0 aromatic heterocycles. The minimum atomic E-state index is -0.816. The lowest BCUT2D eigenvalue weighted by molar-refractivity contribution is -0.143. The molecule has 1 saturated carbocycles. The first-order chi connectivity index (χ1) is 15.9. The van der Waals surface area contributed by atoms with Crippen molar-refractivity contribution >= 4 is 46.7 Å². The summed E-state index contributed by atoms with van der Waals surface area (Å²) in [5, 5.41) is 6.28. The van der Waals surface area contributed by atoms with Crippen LogP contribution in [0.2, 0.25) is 10.0 Å². The number of imide groups is 1. The smallest absolute Gasteiger partial charge is 0.317 e. The van der Waals surface area contributed by atoms with Crippen molar-refractivity contribution in [2.24, 2.45) is 23.7 Å². The molecule has 8 heteroatoms. The number of benzene rings is 2. The maximum absolute atomic E-state index is 13.5. The number of nitrogens with zero attached hydrogens (tertiary/aromatic N) is 1. The first-order valence-electron chi connectivity index (χ1n) is 11.0. The fourth-order valence-electron chi connectivity index (χ4n) is 5.35. The fraction of sp³-hybridized carbons (Fsp3) is 0.320. The average Bonchev–Trinajstić information content (AvgIpc) is 3.09. The summed E-state index contributed by atoms with van der Waals surface area (Å²) in [6, 6.07) is 13.7. The van der Waals surface area contributed by atoms with Gasteiger partial charge in [0, 0.05) is 11.4 Å². The van der Waals surface area contributed by atoms with Crippen LogP contribution in [0.15, 0.2) is 60.7 Å². The molecule has 0 radical (unpaired) electrons. The quantitative estimate of drug-likeness (QED) is 0.469. The van der Waals surface area contributed by atoms with E-state index < -0.39 is 12.2 Å². The molecule has 1 heterocycles. The number of anilines is 1. The van der Waals surface area contributed by atoms with Crippen LogP contribution in [0.4, 0.5) is 10.5 Å². The third-order valence-corrected chi connectivity index (χ3v) is 7.40. The number of hydrogen-bond donors (Lipinski definition) is 2. The highest BCUT2D eigenvalue weighted by atomic mass is 35.5. The van der Waals surface area contributed by atoms with E-state index in [1.165, 1.54) is 11.0 Å². The van der Waals surface area contributed by atoms with E-state index in [9.17, 15) is 14.4 Å². The molecule has 4 amide bonds. The molecule has 6 nitrogen and oxygen atoms in total. The number of halogens is 2. The van der Waals surface area contributed by atoms with Crippen LogP contribution in [0, 0.1) is 23.7 Å². The van der Waals surface area contributed by atoms with Crippen molar-refractivity contribution in [3.05, 3.63) is 76.3 Å². The van der Waals surface area contributed by atoms with Crippen LogP contribution < -0.4 is 10.6 Å². The Bertz CT molecular complexity index is 1100. The van der Waals surface area contributed by atoms with Crippen molar-refractivity contribution in [2.45, 2.75) is 25.4 Å². The number of carbonyl (C=O) groups is 3. The lowest BCUT2D eigenvalue weighted by Crippen LogP contribution is -2.53. The summed E-state index contributed by atoms with van der Waals surface area (Å²) in [7, 11) is 0. The van der Waals surface area contributed by atoms with Gasteiger partial charge in [0.05, 0.1) is 22.5 Å². The van der Waals surface area contributed by atoms with Gasteiger partial charge in [-0.3, -0.25) is 14.5 Å². The number of likely N-dealkylation sites (tertiary alicyclic amines) is 1. The molecule has 5 atom stereocenters. The van der Waals surface area contributed by atoms with Gasteiger partial charge in [0.25, 0.3) is 0 Å². The summed E-state index contributed by atoms with van der Waals surface area (Å²) in [4.78, 5) is 41.1. The van der Waals surface area contributed by atoms with Gasteiger partial charge in [0.2, 0.25) is 11.8 Å². The lowest BCUT2D eigenvalue weighted by Gasteiger charge is -2.38. The van der Waals surface area contributed by atoms with Crippen LogP contribution in [0.1, 0.15) is 18.4 Å². The molecule has 33 heavy (non-hydrogen) atoms.